The number of benzene rings is 1. The van der Waals surface area contributed by atoms with Gasteiger partial charge in [0.15, 0.2) is 5.75 Å². The summed E-state index contributed by atoms with van der Waals surface area (Å²) in [6.45, 7) is 4.01. The van der Waals surface area contributed by atoms with E-state index in [0.29, 0.717) is 10.2 Å². The van der Waals surface area contributed by atoms with Gasteiger partial charge in [-0.1, -0.05) is 35.7 Å². The van der Waals surface area contributed by atoms with Gasteiger partial charge in [-0.05, 0) is 31.5 Å². The Bertz CT molecular complexity index is 409. The molecule has 1 rings (SSSR count). The normalized spacial score (nSPS) is 13.2. The topological polar surface area (TPSA) is 21.3 Å². The number of alkyl halides is 3. The van der Waals surface area contributed by atoms with Crippen LogP contribution in [-0.2, 0) is 0 Å². The van der Waals surface area contributed by atoms with Crippen molar-refractivity contribution in [3.63, 3.8) is 0 Å². The number of halogens is 4. The fraction of sp³-hybridized carbons (Fsp3) is 0.538. The van der Waals surface area contributed by atoms with Gasteiger partial charge in [-0.15, -0.1) is 13.2 Å². The molecule has 0 aliphatic heterocycles. The minimum absolute atomic E-state index is 0.0942. The molecule has 1 aromatic rings. The highest BCUT2D eigenvalue weighted by atomic mass is 79.9. The van der Waals surface area contributed by atoms with E-state index < -0.39 is 6.36 Å². The zero-order valence-electron chi connectivity index (χ0n) is 10.9. The maximum atomic E-state index is 12.3. The van der Waals surface area contributed by atoms with Crippen molar-refractivity contribution in [1.29, 1.82) is 0 Å². The molecule has 0 saturated carbocycles. The Hall–Kier alpha value is -0.910. The molecule has 0 radical (unpaired) electrons. The van der Waals surface area contributed by atoms with Crippen LogP contribution in [0.5, 0.6) is 5.75 Å². The Morgan fingerprint density at radius 2 is 2.05 bits per heavy atom. The van der Waals surface area contributed by atoms with E-state index in [0.717, 1.165) is 19.3 Å². The van der Waals surface area contributed by atoms with Crippen molar-refractivity contribution >= 4 is 21.6 Å². The smallest absolute Gasteiger partial charge is 0.404 e. The Morgan fingerprint density at radius 1 is 1.37 bits per heavy atom. The van der Waals surface area contributed by atoms with Crippen molar-refractivity contribution in [3.05, 3.63) is 22.7 Å². The van der Waals surface area contributed by atoms with Gasteiger partial charge in [0.25, 0.3) is 0 Å². The second kappa shape index (κ2) is 7.03. The molecular formula is C13H17BrF3NO. The monoisotopic (exact) mass is 339 g/mol. The molecule has 1 aromatic carbocycles. The highest BCUT2D eigenvalue weighted by Gasteiger charge is 2.32. The largest absolute Gasteiger partial charge is 0.573 e. The van der Waals surface area contributed by atoms with Crippen molar-refractivity contribution in [1.82, 2.24) is 0 Å². The van der Waals surface area contributed by atoms with Crippen LogP contribution in [-0.4, -0.2) is 12.4 Å². The highest BCUT2D eigenvalue weighted by molar-refractivity contribution is 9.10. The molecule has 19 heavy (non-hydrogen) atoms. The van der Waals surface area contributed by atoms with Crippen LogP contribution in [0.15, 0.2) is 22.7 Å². The number of hydrogen-bond donors (Lipinski definition) is 1. The van der Waals surface area contributed by atoms with Crippen LogP contribution in [0.3, 0.4) is 0 Å². The van der Waals surface area contributed by atoms with E-state index >= 15 is 0 Å². The summed E-state index contributed by atoms with van der Waals surface area (Å²) >= 11 is 3.14. The molecular weight excluding hydrogens is 323 g/mol. The van der Waals surface area contributed by atoms with Crippen LogP contribution in [0.25, 0.3) is 0 Å². The van der Waals surface area contributed by atoms with Crippen LogP contribution in [0, 0.1) is 0 Å². The van der Waals surface area contributed by atoms with Gasteiger partial charge in [0, 0.05) is 10.5 Å². The van der Waals surface area contributed by atoms with E-state index in [1.165, 1.54) is 6.07 Å². The second-order valence-corrected chi connectivity index (χ2v) is 5.29. The fourth-order valence-electron chi connectivity index (χ4n) is 1.67. The summed E-state index contributed by atoms with van der Waals surface area (Å²) < 4.78 is 41.6. The summed E-state index contributed by atoms with van der Waals surface area (Å²) in [6, 6.07) is 4.66. The number of nitrogens with one attached hydrogen (secondary N) is 1. The lowest BCUT2D eigenvalue weighted by Crippen LogP contribution is -2.20. The average Bonchev–Trinajstić information content (AvgIpc) is 2.28. The van der Waals surface area contributed by atoms with E-state index in [-0.39, 0.29) is 11.8 Å². The van der Waals surface area contributed by atoms with Crippen molar-refractivity contribution in [3.8, 4) is 5.75 Å². The molecule has 0 spiro atoms. The summed E-state index contributed by atoms with van der Waals surface area (Å²) in [5.41, 5.74) is 0.351. The van der Waals surface area contributed by atoms with Gasteiger partial charge >= 0.3 is 6.36 Å². The molecule has 0 saturated heterocycles. The molecule has 1 N–H and O–H groups in total. The molecule has 0 aliphatic rings. The Kier molecular flexibility index (Phi) is 5.97. The zero-order valence-corrected chi connectivity index (χ0v) is 12.4. The molecule has 0 bridgehead atoms. The quantitative estimate of drug-likeness (QED) is 0.755. The molecule has 0 heterocycles. The average molecular weight is 340 g/mol. The lowest BCUT2D eigenvalue weighted by atomic mass is 10.1. The lowest BCUT2D eigenvalue weighted by molar-refractivity contribution is -0.274. The first-order valence-electron chi connectivity index (χ1n) is 6.13. The Morgan fingerprint density at radius 3 is 2.63 bits per heavy atom. The predicted octanol–water partition coefficient (Wildman–Crippen LogP) is 5.34. The summed E-state index contributed by atoms with van der Waals surface area (Å²) in [6.07, 6.45) is -1.71. The Labute approximate surface area is 119 Å². The van der Waals surface area contributed by atoms with E-state index in [2.05, 4.69) is 32.9 Å². The van der Waals surface area contributed by atoms with Gasteiger partial charge in [0.1, 0.15) is 0 Å². The number of unbranched alkanes of at least 4 members (excludes halogenated alkanes) is 1. The first kappa shape index (κ1) is 16.1. The van der Waals surface area contributed by atoms with Gasteiger partial charge in [0.05, 0.1) is 5.69 Å². The first-order chi connectivity index (χ1) is 8.81. The summed E-state index contributed by atoms with van der Waals surface area (Å²) in [5, 5.41) is 3.05. The van der Waals surface area contributed by atoms with E-state index in [1.54, 1.807) is 12.1 Å². The van der Waals surface area contributed by atoms with Gasteiger partial charge < -0.3 is 10.1 Å². The first-order valence-corrected chi connectivity index (χ1v) is 6.93. The van der Waals surface area contributed by atoms with Crippen molar-refractivity contribution < 1.29 is 17.9 Å². The number of ether oxygens (including phenoxy) is 1. The fourth-order valence-corrected chi connectivity index (χ4v) is 2.01. The van der Waals surface area contributed by atoms with Crippen LogP contribution in [0.1, 0.15) is 33.1 Å². The minimum atomic E-state index is -4.69. The predicted molar refractivity (Wildman–Crippen MR) is 73.4 cm³/mol. The second-order valence-electron chi connectivity index (χ2n) is 4.38. The molecule has 0 aromatic heterocycles. The third kappa shape index (κ3) is 6.18. The number of hydrogen-bond acceptors (Lipinski definition) is 2. The van der Waals surface area contributed by atoms with E-state index in [9.17, 15) is 13.2 Å². The molecule has 108 valence electrons. The molecule has 0 aliphatic carbocycles. The summed E-state index contributed by atoms with van der Waals surface area (Å²) in [7, 11) is 0. The van der Waals surface area contributed by atoms with Gasteiger partial charge in [-0.25, -0.2) is 0 Å². The molecule has 1 atom stereocenters. The zero-order chi connectivity index (χ0) is 14.5. The van der Waals surface area contributed by atoms with Crippen LogP contribution < -0.4 is 10.1 Å². The van der Waals surface area contributed by atoms with Crippen molar-refractivity contribution in [2.24, 2.45) is 0 Å². The number of rotatable bonds is 6. The van der Waals surface area contributed by atoms with E-state index in [4.69, 9.17) is 0 Å². The third-order valence-corrected chi connectivity index (χ3v) is 3.06. The van der Waals surface area contributed by atoms with Crippen LogP contribution in [0.4, 0.5) is 18.9 Å². The van der Waals surface area contributed by atoms with Crippen molar-refractivity contribution in [2.75, 3.05) is 5.32 Å². The summed E-state index contributed by atoms with van der Waals surface area (Å²) in [5.74, 6) is -0.217. The molecule has 0 amide bonds. The highest BCUT2D eigenvalue weighted by Crippen LogP contribution is 2.33. The molecule has 0 fully saturated rings. The molecule has 6 heteroatoms. The lowest BCUT2D eigenvalue weighted by Gasteiger charge is -2.19. The van der Waals surface area contributed by atoms with E-state index in [1.807, 2.05) is 6.92 Å². The molecule has 2 nitrogen and oxygen atoms in total. The molecule has 1 unspecified atom stereocenters. The number of anilines is 1. The van der Waals surface area contributed by atoms with Crippen LogP contribution >= 0.6 is 15.9 Å². The standard InChI is InChI=1S/C13H17BrF3NO/c1-3-4-5-9(2)18-11-7-6-10(14)8-12(11)19-13(15,16)17/h6-9,18H,3-5H2,1-2H3. The summed E-state index contributed by atoms with van der Waals surface area (Å²) in [4.78, 5) is 0. The Balaban J connectivity index is 2.81. The third-order valence-electron chi connectivity index (χ3n) is 2.56. The van der Waals surface area contributed by atoms with Gasteiger partial charge in [-0.3, -0.25) is 0 Å². The van der Waals surface area contributed by atoms with Crippen molar-refractivity contribution in [2.45, 2.75) is 45.5 Å². The van der Waals surface area contributed by atoms with Gasteiger partial charge in [-0.2, -0.15) is 0 Å². The minimum Gasteiger partial charge on any atom is -0.404 e. The van der Waals surface area contributed by atoms with Gasteiger partial charge in [0.2, 0.25) is 0 Å². The maximum Gasteiger partial charge on any atom is 0.573 e. The maximum absolute atomic E-state index is 12.3. The SMILES string of the molecule is CCCCC(C)Nc1ccc(Br)cc1OC(F)(F)F. The van der Waals surface area contributed by atoms with Crippen LogP contribution in [0.2, 0.25) is 0 Å².